The number of anilines is 1. The Morgan fingerprint density at radius 3 is 2.96 bits per heavy atom. The summed E-state index contributed by atoms with van der Waals surface area (Å²) in [6.07, 6.45) is 5.22. The fraction of sp³-hybridized carbons (Fsp3) is 0.500. The van der Waals surface area contributed by atoms with Crippen LogP contribution in [-0.2, 0) is 24.1 Å². The van der Waals surface area contributed by atoms with Gasteiger partial charge >= 0.3 is 0 Å². The second kappa shape index (κ2) is 7.50. The minimum atomic E-state index is 0.497. The number of para-hydroxylation sites is 1. The minimum Gasteiger partial charge on any atom is -0.378 e. The van der Waals surface area contributed by atoms with Crippen molar-refractivity contribution in [1.82, 2.24) is 15.3 Å². The molecule has 1 saturated heterocycles. The lowest BCUT2D eigenvalue weighted by molar-refractivity contribution is 0.122. The Labute approximate surface area is 149 Å². The molecule has 1 N–H and O–H groups in total. The van der Waals surface area contributed by atoms with Crippen LogP contribution >= 0.6 is 0 Å². The third-order valence-corrected chi connectivity index (χ3v) is 5.20. The summed E-state index contributed by atoms with van der Waals surface area (Å²) in [7, 11) is 0. The standard InChI is InChI=1S/C20H26N4O/c1-15-21-14-17-12-18(6-7-19(17)23-15)22-13-16-4-2-3-5-20(16)24-8-10-25-11-9-24/h2-5,14,18,22H,6-13H2,1H3. The van der Waals surface area contributed by atoms with Gasteiger partial charge in [0.15, 0.2) is 0 Å². The number of rotatable bonds is 4. The van der Waals surface area contributed by atoms with Crippen LogP contribution in [0.3, 0.4) is 0 Å². The van der Waals surface area contributed by atoms with E-state index in [2.05, 4.69) is 44.5 Å². The van der Waals surface area contributed by atoms with Crippen LogP contribution in [-0.4, -0.2) is 42.3 Å². The van der Waals surface area contributed by atoms with Crippen LogP contribution in [0.2, 0.25) is 0 Å². The zero-order chi connectivity index (χ0) is 17.1. The second-order valence-electron chi connectivity index (χ2n) is 6.94. The number of hydrogen-bond acceptors (Lipinski definition) is 5. The maximum absolute atomic E-state index is 5.49. The first kappa shape index (κ1) is 16.5. The Morgan fingerprint density at radius 1 is 1.24 bits per heavy atom. The second-order valence-corrected chi connectivity index (χ2v) is 6.94. The Balaban J connectivity index is 1.41. The summed E-state index contributed by atoms with van der Waals surface area (Å²) < 4.78 is 5.49. The quantitative estimate of drug-likeness (QED) is 0.927. The van der Waals surface area contributed by atoms with E-state index >= 15 is 0 Å². The van der Waals surface area contributed by atoms with Gasteiger partial charge in [0.05, 0.1) is 13.2 Å². The Morgan fingerprint density at radius 2 is 2.08 bits per heavy atom. The van der Waals surface area contributed by atoms with Crippen LogP contribution in [0.1, 0.15) is 29.1 Å². The molecule has 132 valence electrons. The SMILES string of the molecule is Cc1ncc2c(n1)CCC(NCc1ccccc1N1CCOCC1)C2. The van der Waals surface area contributed by atoms with Crippen molar-refractivity contribution >= 4 is 5.69 Å². The lowest BCUT2D eigenvalue weighted by Gasteiger charge is -2.31. The summed E-state index contributed by atoms with van der Waals surface area (Å²) in [6, 6.07) is 9.23. The highest BCUT2D eigenvalue weighted by Gasteiger charge is 2.21. The summed E-state index contributed by atoms with van der Waals surface area (Å²) >= 11 is 0. The van der Waals surface area contributed by atoms with Gasteiger partial charge in [-0.05, 0) is 43.4 Å². The first-order valence-electron chi connectivity index (χ1n) is 9.25. The average molecular weight is 338 g/mol. The van der Waals surface area contributed by atoms with Crippen LogP contribution in [0.5, 0.6) is 0 Å². The van der Waals surface area contributed by atoms with Gasteiger partial charge in [-0.25, -0.2) is 9.97 Å². The molecule has 2 heterocycles. The van der Waals surface area contributed by atoms with Crippen LogP contribution < -0.4 is 10.2 Å². The fourth-order valence-corrected chi connectivity index (χ4v) is 3.81. The number of benzene rings is 1. The first-order chi connectivity index (χ1) is 12.3. The van der Waals surface area contributed by atoms with Gasteiger partial charge in [-0.2, -0.15) is 0 Å². The van der Waals surface area contributed by atoms with E-state index in [1.165, 1.54) is 22.5 Å². The van der Waals surface area contributed by atoms with Crippen LogP contribution in [0, 0.1) is 6.92 Å². The highest BCUT2D eigenvalue weighted by molar-refractivity contribution is 5.54. The molecule has 25 heavy (non-hydrogen) atoms. The van der Waals surface area contributed by atoms with E-state index in [9.17, 15) is 0 Å². The Kier molecular flexibility index (Phi) is 4.95. The van der Waals surface area contributed by atoms with Crippen molar-refractivity contribution in [2.75, 3.05) is 31.2 Å². The van der Waals surface area contributed by atoms with Gasteiger partial charge in [-0.3, -0.25) is 0 Å². The number of nitrogens with one attached hydrogen (secondary N) is 1. The molecule has 5 heteroatoms. The largest absolute Gasteiger partial charge is 0.378 e. The van der Waals surface area contributed by atoms with Crippen molar-refractivity contribution in [1.29, 1.82) is 0 Å². The Bertz CT molecular complexity index is 727. The Hall–Kier alpha value is -1.98. The minimum absolute atomic E-state index is 0.497. The van der Waals surface area contributed by atoms with Crippen molar-refractivity contribution < 1.29 is 4.74 Å². The molecule has 4 rings (SSSR count). The van der Waals surface area contributed by atoms with E-state index in [0.717, 1.165) is 57.9 Å². The number of aryl methyl sites for hydroxylation is 2. The van der Waals surface area contributed by atoms with Gasteiger partial charge in [0.25, 0.3) is 0 Å². The van der Waals surface area contributed by atoms with E-state index in [-0.39, 0.29) is 0 Å². The third kappa shape index (κ3) is 3.83. The molecule has 2 aliphatic rings. The predicted octanol–water partition coefficient (Wildman–Crippen LogP) is 2.27. The average Bonchev–Trinajstić information content (AvgIpc) is 2.67. The molecule has 0 amide bonds. The van der Waals surface area contributed by atoms with E-state index in [4.69, 9.17) is 4.74 Å². The summed E-state index contributed by atoms with van der Waals surface area (Å²) in [4.78, 5) is 11.4. The molecule has 0 saturated carbocycles. The van der Waals surface area contributed by atoms with Crippen LogP contribution in [0.25, 0.3) is 0 Å². The zero-order valence-electron chi connectivity index (χ0n) is 14.9. The van der Waals surface area contributed by atoms with Crippen molar-refractivity contribution in [3.8, 4) is 0 Å². The normalized spacial score (nSPS) is 20.4. The highest BCUT2D eigenvalue weighted by atomic mass is 16.5. The van der Waals surface area contributed by atoms with Crippen molar-refractivity contribution in [2.24, 2.45) is 0 Å². The van der Waals surface area contributed by atoms with Gasteiger partial charge in [0, 0.05) is 43.3 Å². The molecule has 2 aromatic rings. The molecular weight excluding hydrogens is 312 g/mol. The molecule has 1 aromatic carbocycles. The van der Waals surface area contributed by atoms with E-state index in [1.54, 1.807) is 0 Å². The lowest BCUT2D eigenvalue weighted by atomic mass is 9.92. The van der Waals surface area contributed by atoms with Crippen LogP contribution in [0.15, 0.2) is 30.5 Å². The summed E-state index contributed by atoms with van der Waals surface area (Å²) in [5.41, 5.74) is 5.25. The van der Waals surface area contributed by atoms with E-state index in [1.807, 2.05) is 13.1 Å². The van der Waals surface area contributed by atoms with Gasteiger partial charge in [0.2, 0.25) is 0 Å². The molecular formula is C20H26N4O. The molecule has 1 aliphatic carbocycles. The summed E-state index contributed by atoms with van der Waals surface area (Å²) in [6.45, 7) is 6.46. The van der Waals surface area contributed by atoms with Gasteiger partial charge in [0.1, 0.15) is 5.82 Å². The number of morpholine rings is 1. The number of hydrogen-bond donors (Lipinski definition) is 1. The maximum atomic E-state index is 5.49. The molecule has 1 aliphatic heterocycles. The molecule has 0 spiro atoms. The van der Waals surface area contributed by atoms with Crippen molar-refractivity contribution in [3.05, 3.63) is 53.1 Å². The van der Waals surface area contributed by atoms with Crippen LogP contribution in [0.4, 0.5) is 5.69 Å². The molecule has 5 nitrogen and oxygen atoms in total. The van der Waals surface area contributed by atoms with E-state index in [0.29, 0.717) is 6.04 Å². The molecule has 0 radical (unpaired) electrons. The third-order valence-electron chi connectivity index (χ3n) is 5.20. The molecule has 1 fully saturated rings. The fourth-order valence-electron chi connectivity index (χ4n) is 3.81. The zero-order valence-corrected chi connectivity index (χ0v) is 14.9. The maximum Gasteiger partial charge on any atom is 0.125 e. The van der Waals surface area contributed by atoms with Crippen molar-refractivity contribution in [3.63, 3.8) is 0 Å². The number of fused-ring (bicyclic) bond motifs is 1. The summed E-state index contributed by atoms with van der Waals surface area (Å²) in [5, 5.41) is 3.76. The molecule has 0 bridgehead atoms. The van der Waals surface area contributed by atoms with Gasteiger partial charge in [-0.1, -0.05) is 18.2 Å². The lowest BCUT2D eigenvalue weighted by Crippen LogP contribution is -2.38. The van der Waals surface area contributed by atoms with Gasteiger partial charge < -0.3 is 15.0 Å². The molecule has 1 atom stereocenters. The summed E-state index contributed by atoms with van der Waals surface area (Å²) in [5.74, 6) is 0.879. The first-order valence-corrected chi connectivity index (χ1v) is 9.25. The number of aromatic nitrogens is 2. The van der Waals surface area contributed by atoms with E-state index < -0.39 is 0 Å². The number of ether oxygens (including phenoxy) is 1. The number of nitrogens with zero attached hydrogens (tertiary/aromatic N) is 3. The highest BCUT2D eigenvalue weighted by Crippen LogP contribution is 2.23. The van der Waals surface area contributed by atoms with Gasteiger partial charge in [-0.15, -0.1) is 0 Å². The predicted molar refractivity (Wildman–Crippen MR) is 98.9 cm³/mol. The van der Waals surface area contributed by atoms with Crippen molar-refractivity contribution in [2.45, 2.75) is 38.8 Å². The topological polar surface area (TPSA) is 50.3 Å². The monoisotopic (exact) mass is 338 g/mol. The molecule has 1 aromatic heterocycles. The molecule has 1 unspecified atom stereocenters. The smallest absolute Gasteiger partial charge is 0.125 e.